The van der Waals surface area contributed by atoms with Gasteiger partial charge >= 0.3 is 12.1 Å². The Morgan fingerprint density at radius 1 is 1.44 bits per heavy atom. The second-order valence-electron chi connectivity index (χ2n) is 2.61. The molecule has 92 valence electrons. The second kappa shape index (κ2) is 5.01. The molecule has 0 bridgehead atoms. The zero-order valence-corrected chi connectivity index (χ0v) is 8.76. The predicted molar refractivity (Wildman–Crippen MR) is 47.6 cm³/mol. The van der Waals surface area contributed by atoms with Gasteiger partial charge in [-0.1, -0.05) is 0 Å². The maximum absolute atomic E-state index is 10.7. The zero-order valence-electron chi connectivity index (χ0n) is 7.95. The molecular weight excluding hydrogens is 251 g/mol. The fourth-order valence-electron chi connectivity index (χ4n) is 0.545. The van der Waals surface area contributed by atoms with Crippen LogP contribution in [0.2, 0.25) is 0 Å². The molecule has 0 spiro atoms. The molecule has 0 aliphatic heterocycles. The van der Waals surface area contributed by atoms with Crippen LogP contribution in [-0.4, -0.2) is 36.9 Å². The molecule has 16 heavy (non-hydrogen) atoms. The lowest BCUT2D eigenvalue weighted by Gasteiger charge is -1.93. The molecule has 0 amide bonds. The Morgan fingerprint density at radius 3 is 2.00 bits per heavy atom. The van der Waals surface area contributed by atoms with Crippen molar-refractivity contribution < 1.29 is 31.5 Å². The third-order valence-corrected chi connectivity index (χ3v) is 2.26. The summed E-state index contributed by atoms with van der Waals surface area (Å²) in [5, 5.41) is 7.39. The molecule has 0 atom stereocenters. The Labute approximate surface area is 88.8 Å². The van der Waals surface area contributed by atoms with Crippen LogP contribution in [0.4, 0.5) is 13.2 Å². The molecule has 9 heteroatoms. The van der Waals surface area contributed by atoms with Gasteiger partial charge in [-0.2, -0.15) is 13.2 Å². The van der Waals surface area contributed by atoms with Crippen LogP contribution in [0.25, 0.3) is 0 Å². The largest absolute Gasteiger partial charge is 0.490 e. The van der Waals surface area contributed by atoms with Gasteiger partial charge in [0.25, 0.3) is 0 Å². The van der Waals surface area contributed by atoms with Gasteiger partial charge in [-0.25, -0.2) is 13.2 Å². The normalized spacial score (nSPS) is 11.5. The summed E-state index contributed by atoms with van der Waals surface area (Å²) in [4.78, 5) is 11.5. The molecule has 0 saturated carbocycles. The van der Waals surface area contributed by atoms with Gasteiger partial charge in [0.05, 0.1) is 0 Å². The molecular formula is C7H8F3NO4S. The number of hydrogen-bond acceptors (Lipinski definition) is 3. The van der Waals surface area contributed by atoms with Crippen LogP contribution in [-0.2, 0) is 14.6 Å². The number of rotatable bonds is 1. The van der Waals surface area contributed by atoms with E-state index in [-0.39, 0.29) is 5.03 Å². The number of carboxylic acid groups (broad SMARTS) is 1. The van der Waals surface area contributed by atoms with Crippen molar-refractivity contribution in [3.63, 3.8) is 0 Å². The number of alkyl halides is 3. The number of carboxylic acids is 1. The molecule has 1 aromatic rings. The molecule has 5 nitrogen and oxygen atoms in total. The van der Waals surface area contributed by atoms with Crippen molar-refractivity contribution in [2.24, 2.45) is 0 Å². The Bertz CT molecular complexity index is 435. The molecule has 1 rings (SSSR count). The van der Waals surface area contributed by atoms with Crippen molar-refractivity contribution in [3.05, 3.63) is 18.3 Å². The first-order chi connectivity index (χ1) is 7.05. The second-order valence-corrected chi connectivity index (χ2v) is 4.59. The van der Waals surface area contributed by atoms with Crippen molar-refractivity contribution in [2.75, 3.05) is 6.26 Å². The van der Waals surface area contributed by atoms with Crippen LogP contribution in [0.1, 0.15) is 0 Å². The van der Waals surface area contributed by atoms with Gasteiger partial charge in [-0.15, -0.1) is 0 Å². The number of aliphatic carboxylic acids is 1. The molecule has 0 aliphatic carbocycles. The lowest BCUT2D eigenvalue weighted by atomic mass is 10.7. The molecule has 0 aliphatic rings. The van der Waals surface area contributed by atoms with Gasteiger partial charge in [0.2, 0.25) is 0 Å². The number of H-pyrrole nitrogens is 1. The van der Waals surface area contributed by atoms with Gasteiger partial charge in [-0.3, -0.25) is 0 Å². The third-order valence-electron chi connectivity index (χ3n) is 1.21. The highest BCUT2D eigenvalue weighted by molar-refractivity contribution is 7.90. The fraction of sp³-hybridized carbons (Fsp3) is 0.286. The summed E-state index contributed by atoms with van der Waals surface area (Å²) >= 11 is 0. The maximum atomic E-state index is 10.7. The van der Waals surface area contributed by atoms with Gasteiger partial charge in [-0.05, 0) is 12.1 Å². The summed E-state index contributed by atoms with van der Waals surface area (Å²) in [7, 11) is -3.02. The minimum absolute atomic E-state index is 0.266. The Kier molecular flexibility index (Phi) is 4.54. The molecule has 0 aromatic carbocycles. The maximum Gasteiger partial charge on any atom is 0.490 e. The summed E-state index contributed by atoms with van der Waals surface area (Å²) < 4.78 is 53.1. The lowest BCUT2D eigenvalue weighted by molar-refractivity contribution is -0.192. The highest BCUT2D eigenvalue weighted by Gasteiger charge is 2.38. The first kappa shape index (κ1) is 14.5. The number of sulfone groups is 1. The van der Waals surface area contributed by atoms with Crippen molar-refractivity contribution in [1.29, 1.82) is 0 Å². The van der Waals surface area contributed by atoms with Crippen molar-refractivity contribution >= 4 is 15.8 Å². The highest BCUT2D eigenvalue weighted by atomic mass is 32.2. The summed E-state index contributed by atoms with van der Waals surface area (Å²) in [6.45, 7) is 0. The van der Waals surface area contributed by atoms with Crippen LogP contribution in [0, 0.1) is 0 Å². The van der Waals surface area contributed by atoms with E-state index in [1.807, 2.05) is 0 Å². The first-order valence-corrected chi connectivity index (χ1v) is 5.58. The van der Waals surface area contributed by atoms with Gasteiger partial charge in [0, 0.05) is 12.5 Å². The quantitative estimate of drug-likeness (QED) is 0.789. The lowest BCUT2D eigenvalue weighted by Crippen LogP contribution is -2.21. The molecule has 0 saturated heterocycles. The molecule has 2 N–H and O–H groups in total. The Morgan fingerprint density at radius 2 is 1.88 bits per heavy atom. The van der Waals surface area contributed by atoms with E-state index in [9.17, 15) is 21.6 Å². The standard InChI is InChI=1S/C5H7NO2S.C2HF3O2/c1-9(7,8)5-3-2-4-6-5;3-2(4,5)1(6)7/h2-4,6H,1H3;(H,6,7). The number of aromatic amines is 1. The average molecular weight is 259 g/mol. The SMILES string of the molecule is CS(=O)(=O)c1ccc[nH]1.O=C(O)C(F)(F)F. The van der Waals surface area contributed by atoms with Gasteiger partial charge in [0.15, 0.2) is 9.84 Å². The van der Waals surface area contributed by atoms with E-state index in [1.54, 1.807) is 12.3 Å². The smallest absolute Gasteiger partial charge is 0.475 e. The highest BCUT2D eigenvalue weighted by Crippen LogP contribution is 2.13. The minimum Gasteiger partial charge on any atom is -0.475 e. The summed E-state index contributed by atoms with van der Waals surface area (Å²) in [5.74, 6) is -2.76. The van der Waals surface area contributed by atoms with Crippen molar-refractivity contribution in [1.82, 2.24) is 4.98 Å². The molecule has 1 heterocycles. The van der Waals surface area contributed by atoms with E-state index < -0.39 is 22.0 Å². The summed E-state index contributed by atoms with van der Waals surface area (Å²) in [5.41, 5.74) is 0. The number of halogens is 3. The average Bonchev–Trinajstić information content (AvgIpc) is 2.52. The van der Waals surface area contributed by atoms with Crippen LogP contribution in [0.3, 0.4) is 0 Å². The van der Waals surface area contributed by atoms with Crippen molar-refractivity contribution in [2.45, 2.75) is 11.2 Å². The Balaban J connectivity index is 0.000000293. The topological polar surface area (TPSA) is 87.2 Å². The van der Waals surface area contributed by atoms with E-state index >= 15 is 0 Å². The van der Waals surface area contributed by atoms with E-state index in [4.69, 9.17) is 9.90 Å². The third kappa shape index (κ3) is 5.39. The number of hydrogen-bond donors (Lipinski definition) is 2. The van der Waals surface area contributed by atoms with E-state index in [0.717, 1.165) is 0 Å². The summed E-state index contributed by atoms with van der Waals surface area (Å²) in [6.07, 6.45) is -2.34. The van der Waals surface area contributed by atoms with Gasteiger partial charge in [0.1, 0.15) is 5.03 Å². The van der Waals surface area contributed by atoms with Crippen LogP contribution >= 0.6 is 0 Å². The number of aromatic nitrogens is 1. The van der Waals surface area contributed by atoms with E-state index in [2.05, 4.69) is 4.98 Å². The van der Waals surface area contributed by atoms with Crippen molar-refractivity contribution in [3.8, 4) is 0 Å². The Hall–Kier alpha value is -1.51. The molecule has 0 fully saturated rings. The first-order valence-electron chi connectivity index (χ1n) is 3.68. The van der Waals surface area contributed by atoms with Gasteiger partial charge < -0.3 is 10.1 Å². The van der Waals surface area contributed by atoms with E-state index in [0.29, 0.717) is 0 Å². The minimum atomic E-state index is -5.08. The van der Waals surface area contributed by atoms with Crippen LogP contribution in [0.15, 0.2) is 23.4 Å². The fourth-order valence-corrected chi connectivity index (χ4v) is 1.15. The molecule has 0 unspecified atom stereocenters. The number of nitrogens with one attached hydrogen (secondary N) is 1. The molecule has 0 radical (unpaired) electrons. The van der Waals surface area contributed by atoms with Crippen LogP contribution < -0.4 is 0 Å². The summed E-state index contributed by atoms with van der Waals surface area (Å²) in [6, 6.07) is 3.17. The predicted octanol–water partition coefficient (Wildman–Crippen LogP) is 1.05. The van der Waals surface area contributed by atoms with Crippen LogP contribution in [0.5, 0.6) is 0 Å². The molecule has 1 aromatic heterocycles. The number of carbonyl (C=O) groups is 1. The monoisotopic (exact) mass is 259 g/mol. The zero-order chi connectivity index (χ0) is 13.0. The van der Waals surface area contributed by atoms with E-state index in [1.165, 1.54) is 12.3 Å².